The summed E-state index contributed by atoms with van der Waals surface area (Å²) in [5.74, 6) is -2.86. The first-order chi connectivity index (χ1) is 14.3. The molecule has 2 aromatic carbocycles. The minimum Gasteiger partial charge on any atom is -0.370 e. The number of benzene rings is 2. The van der Waals surface area contributed by atoms with E-state index in [9.17, 15) is 29.3 Å². The maximum atomic E-state index is 12.9. The number of nitro groups is 1. The molecule has 2 aromatic rings. The van der Waals surface area contributed by atoms with Gasteiger partial charge in [-0.3, -0.25) is 34.2 Å². The average Bonchev–Trinajstić information content (AvgIpc) is 2.96. The van der Waals surface area contributed by atoms with E-state index in [1.165, 1.54) is 17.0 Å². The second-order valence-corrected chi connectivity index (χ2v) is 6.67. The summed E-state index contributed by atoms with van der Waals surface area (Å²) in [5.41, 5.74) is 5.04. The fraction of sp³-hybridized carbons (Fsp3) is 0.200. The van der Waals surface area contributed by atoms with Crippen LogP contribution in [0.25, 0.3) is 0 Å². The number of amides is 4. The quantitative estimate of drug-likeness (QED) is 0.392. The molecule has 0 saturated heterocycles. The standard InChI is InChI=1S/C20H18N4O6/c21-16(25)9-10-22(11-13-5-2-1-3-6-13)17(26)12-23-19(27)14-7-4-8-15(24(29)30)18(14)20(23)28/h1-8H,9-12H2,(H2,21,25). The number of hydrogen-bond acceptors (Lipinski definition) is 6. The molecule has 3 rings (SSSR count). The highest BCUT2D eigenvalue weighted by Crippen LogP contribution is 2.30. The van der Waals surface area contributed by atoms with Gasteiger partial charge in [-0.1, -0.05) is 36.4 Å². The predicted molar refractivity (Wildman–Crippen MR) is 104 cm³/mol. The van der Waals surface area contributed by atoms with Crippen LogP contribution in [0.1, 0.15) is 32.7 Å². The SMILES string of the molecule is NC(=O)CCN(Cc1ccccc1)C(=O)CN1C(=O)c2cccc([N+](=O)[O-])c2C1=O. The molecule has 30 heavy (non-hydrogen) atoms. The van der Waals surface area contributed by atoms with E-state index in [-0.39, 0.29) is 30.6 Å². The highest BCUT2D eigenvalue weighted by Gasteiger charge is 2.42. The van der Waals surface area contributed by atoms with E-state index in [0.717, 1.165) is 11.6 Å². The lowest BCUT2D eigenvalue weighted by Crippen LogP contribution is -2.43. The number of primary amides is 1. The molecular formula is C20H18N4O6. The first-order valence-electron chi connectivity index (χ1n) is 9.03. The normalized spacial score (nSPS) is 12.6. The third-order valence-corrected chi connectivity index (χ3v) is 4.66. The maximum Gasteiger partial charge on any atom is 0.282 e. The molecular weight excluding hydrogens is 392 g/mol. The van der Waals surface area contributed by atoms with Crippen molar-refractivity contribution < 1.29 is 24.1 Å². The van der Waals surface area contributed by atoms with Crippen LogP contribution < -0.4 is 5.73 Å². The minimum atomic E-state index is -0.898. The molecule has 0 atom stereocenters. The molecule has 0 spiro atoms. The highest BCUT2D eigenvalue weighted by atomic mass is 16.6. The summed E-state index contributed by atoms with van der Waals surface area (Å²) in [6.45, 7) is -0.447. The second-order valence-electron chi connectivity index (χ2n) is 6.67. The van der Waals surface area contributed by atoms with Crippen molar-refractivity contribution in [1.29, 1.82) is 0 Å². The van der Waals surface area contributed by atoms with Gasteiger partial charge in [0.15, 0.2) is 0 Å². The first-order valence-corrected chi connectivity index (χ1v) is 9.03. The van der Waals surface area contributed by atoms with E-state index >= 15 is 0 Å². The lowest BCUT2D eigenvalue weighted by Gasteiger charge is -2.24. The van der Waals surface area contributed by atoms with Gasteiger partial charge in [-0.25, -0.2) is 0 Å². The van der Waals surface area contributed by atoms with Crippen LogP contribution in [0.3, 0.4) is 0 Å². The van der Waals surface area contributed by atoms with Crippen LogP contribution in [0, 0.1) is 10.1 Å². The van der Waals surface area contributed by atoms with E-state index in [2.05, 4.69) is 0 Å². The van der Waals surface area contributed by atoms with Crippen LogP contribution in [0.15, 0.2) is 48.5 Å². The van der Waals surface area contributed by atoms with Crippen molar-refractivity contribution in [3.8, 4) is 0 Å². The Balaban J connectivity index is 1.82. The molecule has 0 aromatic heterocycles. The van der Waals surface area contributed by atoms with Crippen molar-refractivity contribution in [2.75, 3.05) is 13.1 Å². The number of nitro benzene ring substituents is 1. The molecule has 0 fully saturated rings. The number of rotatable bonds is 8. The number of carbonyl (C=O) groups excluding carboxylic acids is 4. The van der Waals surface area contributed by atoms with Gasteiger partial charge < -0.3 is 10.6 Å². The van der Waals surface area contributed by atoms with Gasteiger partial charge in [0, 0.05) is 25.6 Å². The molecule has 10 nitrogen and oxygen atoms in total. The number of nitrogens with two attached hydrogens (primary N) is 1. The monoisotopic (exact) mass is 410 g/mol. The van der Waals surface area contributed by atoms with Crippen molar-refractivity contribution in [1.82, 2.24) is 9.80 Å². The summed E-state index contributed by atoms with van der Waals surface area (Å²) in [7, 11) is 0. The largest absolute Gasteiger partial charge is 0.370 e. The molecule has 1 heterocycles. The molecule has 154 valence electrons. The molecule has 0 aliphatic carbocycles. The molecule has 0 unspecified atom stereocenters. The van der Waals surface area contributed by atoms with Crippen LogP contribution in [0.5, 0.6) is 0 Å². The third kappa shape index (κ3) is 4.17. The molecule has 0 bridgehead atoms. The van der Waals surface area contributed by atoms with E-state index in [1.807, 2.05) is 6.07 Å². The lowest BCUT2D eigenvalue weighted by molar-refractivity contribution is -0.385. The molecule has 4 amide bonds. The summed E-state index contributed by atoms with van der Waals surface area (Å²) >= 11 is 0. The summed E-state index contributed by atoms with van der Waals surface area (Å²) < 4.78 is 0. The summed E-state index contributed by atoms with van der Waals surface area (Å²) in [5, 5.41) is 11.2. The van der Waals surface area contributed by atoms with Crippen molar-refractivity contribution in [2.24, 2.45) is 5.73 Å². The van der Waals surface area contributed by atoms with Gasteiger partial charge in [0.25, 0.3) is 17.5 Å². The Hall–Kier alpha value is -4.08. The van der Waals surface area contributed by atoms with Crippen LogP contribution in [0.2, 0.25) is 0 Å². The Morgan fingerprint density at radius 2 is 1.73 bits per heavy atom. The molecule has 0 saturated carbocycles. The number of carbonyl (C=O) groups is 4. The van der Waals surface area contributed by atoms with Gasteiger partial charge in [-0.15, -0.1) is 0 Å². The van der Waals surface area contributed by atoms with Crippen molar-refractivity contribution in [3.63, 3.8) is 0 Å². The Bertz CT molecular complexity index is 1040. The number of fused-ring (bicyclic) bond motifs is 1. The predicted octanol–water partition coefficient (Wildman–Crippen LogP) is 1.09. The second kappa shape index (κ2) is 8.52. The van der Waals surface area contributed by atoms with Crippen LogP contribution in [-0.2, 0) is 16.1 Å². The molecule has 10 heteroatoms. The first kappa shape index (κ1) is 20.6. The van der Waals surface area contributed by atoms with Gasteiger partial charge in [0.05, 0.1) is 10.5 Å². The van der Waals surface area contributed by atoms with Crippen LogP contribution >= 0.6 is 0 Å². The number of imide groups is 1. The molecule has 1 aliphatic rings. The van der Waals surface area contributed by atoms with E-state index in [1.54, 1.807) is 24.3 Å². The van der Waals surface area contributed by atoms with Crippen molar-refractivity contribution >= 4 is 29.3 Å². The Morgan fingerprint density at radius 3 is 2.37 bits per heavy atom. The third-order valence-electron chi connectivity index (χ3n) is 4.66. The van der Waals surface area contributed by atoms with E-state index < -0.39 is 40.8 Å². The topological polar surface area (TPSA) is 144 Å². The average molecular weight is 410 g/mol. The van der Waals surface area contributed by atoms with Gasteiger partial charge in [0.1, 0.15) is 12.1 Å². The summed E-state index contributed by atoms with van der Waals surface area (Å²) in [4.78, 5) is 61.8. The highest BCUT2D eigenvalue weighted by molar-refractivity contribution is 6.24. The number of nitrogens with zero attached hydrogens (tertiary/aromatic N) is 3. The van der Waals surface area contributed by atoms with Crippen molar-refractivity contribution in [2.45, 2.75) is 13.0 Å². The maximum absolute atomic E-state index is 12.9. The zero-order valence-electron chi connectivity index (χ0n) is 15.8. The summed E-state index contributed by atoms with van der Waals surface area (Å²) in [6, 6.07) is 12.7. The molecule has 1 aliphatic heterocycles. The van der Waals surface area contributed by atoms with Crippen LogP contribution in [-0.4, -0.2) is 51.4 Å². The number of hydrogen-bond donors (Lipinski definition) is 1. The minimum absolute atomic E-state index is 0.00633. The fourth-order valence-corrected chi connectivity index (χ4v) is 3.19. The zero-order valence-corrected chi connectivity index (χ0v) is 15.8. The van der Waals surface area contributed by atoms with E-state index in [4.69, 9.17) is 5.73 Å². The Morgan fingerprint density at radius 1 is 1.03 bits per heavy atom. The van der Waals surface area contributed by atoms with Gasteiger partial charge in [-0.2, -0.15) is 0 Å². The fourth-order valence-electron chi connectivity index (χ4n) is 3.19. The Labute approximate surface area is 171 Å². The van der Waals surface area contributed by atoms with Gasteiger partial charge >= 0.3 is 0 Å². The Kier molecular flexibility index (Phi) is 5.86. The van der Waals surface area contributed by atoms with Crippen molar-refractivity contribution in [3.05, 3.63) is 75.3 Å². The zero-order chi connectivity index (χ0) is 21.8. The van der Waals surface area contributed by atoms with Crippen LogP contribution in [0.4, 0.5) is 5.69 Å². The van der Waals surface area contributed by atoms with Gasteiger partial charge in [-0.05, 0) is 11.6 Å². The molecule has 0 radical (unpaired) electrons. The lowest BCUT2D eigenvalue weighted by atomic mass is 10.1. The molecule has 2 N–H and O–H groups in total. The van der Waals surface area contributed by atoms with Gasteiger partial charge in [0.2, 0.25) is 11.8 Å². The van der Waals surface area contributed by atoms with E-state index in [0.29, 0.717) is 4.90 Å². The smallest absolute Gasteiger partial charge is 0.282 e. The summed E-state index contributed by atoms with van der Waals surface area (Å²) in [6.07, 6.45) is -0.0911.